The molecule has 0 bridgehead atoms. The van der Waals surface area contributed by atoms with Crippen molar-refractivity contribution in [3.8, 4) is 0 Å². The van der Waals surface area contributed by atoms with Crippen LogP contribution in [0.15, 0.2) is 18.2 Å². The van der Waals surface area contributed by atoms with Crippen molar-refractivity contribution < 1.29 is 9.53 Å². The summed E-state index contributed by atoms with van der Waals surface area (Å²) in [5, 5.41) is 0.636. The Balaban J connectivity index is 2.22. The number of carbonyl (C=O) groups is 1. The van der Waals surface area contributed by atoms with Gasteiger partial charge in [-0.2, -0.15) is 0 Å². The number of ether oxygens (including phenoxy) is 1. The third-order valence-corrected chi connectivity index (χ3v) is 3.55. The number of hydrogen-bond donors (Lipinski definition) is 0. The smallest absolute Gasteiger partial charge is 0.152 e. The van der Waals surface area contributed by atoms with Crippen LogP contribution in [0.1, 0.15) is 30.1 Å². The summed E-state index contributed by atoms with van der Waals surface area (Å²) in [5.74, 6) is 0. The van der Waals surface area contributed by atoms with Crippen LogP contribution in [0.2, 0.25) is 5.02 Å². The average molecular weight is 268 g/mol. The van der Waals surface area contributed by atoms with E-state index in [1.165, 1.54) is 0 Å². The number of rotatable bonds is 4. The molecule has 1 saturated heterocycles. The van der Waals surface area contributed by atoms with Gasteiger partial charge >= 0.3 is 0 Å². The third kappa shape index (κ3) is 2.85. The minimum absolute atomic E-state index is 0.236. The Bertz CT molecular complexity index is 420. The second-order valence-corrected chi connectivity index (χ2v) is 4.87. The van der Waals surface area contributed by atoms with Crippen LogP contribution < -0.4 is 4.90 Å². The molecule has 0 aromatic heterocycles. The first kappa shape index (κ1) is 13.4. The van der Waals surface area contributed by atoms with Gasteiger partial charge in [-0.05, 0) is 31.9 Å². The van der Waals surface area contributed by atoms with Crippen LogP contribution >= 0.6 is 11.6 Å². The first-order chi connectivity index (χ1) is 8.76. The summed E-state index contributed by atoms with van der Waals surface area (Å²) in [5.41, 5.74) is 1.50. The zero-order valence-corrected chi connectivity index (χ0v) is 11.3. The fraction of sp³-hybridized carbons (Fsp3) is 0.500. The Labute approximate surface area is 113 Å². The second-order valence-electron chi connectivity index (χ2n) is 4.46. The highest BCUT2D eigenvalue weighted by Crippen LogP contribution is 2.31. The maximum atomic E-state index is 11.1. The Morgan fingerprint density at radius 2 is 2.39 bits per heavy atom. The van der Waals surface area contributed by atoms with Gasteiger partial charge < -0.3 is 9.64 Å². The Morgan fingerprint density at radius 3 is 3.11 bits per heavy atom. The Hall–Kier alpha value is -1.06. The topological polar surface area (TPSA) is 29.5 Å². The van der Waals surface area contributed by atoms with Gasteiger partial charge in [0.1, 0.15) is 0 Å². The molecule has 1 atom stereocenters. The molecule has 0 aliphatic carbocycles. The number of anilines is 1. The number of halogens is 1. The van der Waals surface area contributed by atoms with Crippen molar-refractivity contribution in [3.05, 3.63) is 28.8 Å². The monoisotopic (exact) mass is 267 g/mol. The molecule has 1 aliphatic heterocycles. The molecule has 1 fully saturated rings. The highest BCUT2D eigenvalue weighted by Gasteiger charge is 2.23. The van der Waals surface area contributed by atoms with Crippen molar-refractivity contribution in [2.45, 2.75) is 25.9 Å². The van der Waals surface area contributed by atoms with E-state index in [1.807, 2.05) is 13.0 Å². The fourth-order valence-corrected chi connectivity index (χ4v) is 2.78. The normalized spacial score (nSPS) is 19.9. The summed E-state index contributed by atoms with van der Waals surface area (Å²) in [4.78, 5) is 13.3. The molecule has 0 spiro atoms. The van der Waals surface area contributed by atoms with E-state index >= 15 is 0 Å². The van der Waals surface area contributed by atoms with E-state index in [-0.39, 0.29) is 6.10 Å². The van der Waals surface area contributed by atoms with Gasteiger partial charge in [0.15, 0.2) is 6.29 Å². The largest absolute Gasteiger partial charge is 0.377 e. The summed E-state index contributed by atoms with van der Waals surface area (Å²) in [6.45, 7) is 4.46. The van der Waals surface area contributed by atoms with Gasteiger partial charge in [0.05, 0.1) is 16.8 Å². The molecule has 0 saturated carbocycles. The predicted molar refractivity (Wildman–Crippen MR) is 73.7 cm³/mol. The van der Waals surface area contributed by atoms with Gasteiger partial charge in [-0.3, -0.25) is 4.79 Å². The zero-order valence-electron chi connectivity index (χ0n) is 10.6. The molecule has 3 nitrogen and oxygen atoms in total. The van der Waals surface area contributed by atoms with Crippen molar-refractivity contribution in [2.75, 3.05) is 24.6 Å². The van der Waals surface area contributed by atoms with E-state index in [4.69, 9.17) is 16.3 Å². The lowest BCUT2D eigenvalue weighted by Crippen LogP contribution is -2.40. The molecule has 0 amide bonds. The van der Waals surface area contributed by atoms with E-state index in [0.29, 0.717) is 10.6 Å². The summed E-state index contributed by atoms with van der Waals surface area (Å²) < 4.78 is 5.67. The highest BCUT2D eigenvalue weighted by atomic mass is 35.5. The number of aldehydes is 1. The van der Waals surface area contributed by atoms with E-state index in [2.05, 4.69) is 4.90 Å². The molecule has 0 N–H and O–H groups in total. The maximum Gasteiger partial charge on any atom is 0.152 e. The summed E-state index contributed by atoms with van der Waals surface area (Å²) >= 11 is 6.22. The first-order valence-electron chi connectivity index (χ1n) is 6.36. The van der Waals surface area contributed by atoms with Gasteiger partial charge in [0.2, 0.25) is 0 Å². The van der Waals surface area contributed by atoms with E-state index in [1.54, 1.807) is 12.1 Å². The highest BCUT2D eigenvalue weighted by molar-refractivity contribution is 6.33. The van der Waals surface area contributed by atoms with Crippen LogP contribution in [0.5, 0.6) is 0 Å². The summed E-state index contributed by atoms with van der Waals surface area (Å²) in [6, 6.07) is 5.44. The molecular weight excluding hydrogens is 250 g/mol. The first-order valence-corrected chi connectivity index (χ1v) is 6.74. The number of carbonyl (C=O) groups excluding carboxylic acids is 1. The molecule has 98 valence electrons. The van der Waals surface area contributed by atoms with Crippen LogP contribution in [0.4, 0.5) is 5.69 Å². The van der Waals surface area contributed by atoms with E-state index in [0.717, 1.165) is 44.5 Å². The average Bonchev–Trinajstić information content (AvgIpc) is 2.39. The Morgan fingerprint density at radius 1 is 1.56 bits per heavy atom. The van der Waals surface area contributed by atoms with Gasteiger partial charge in [-0.1, -0.05) is 17.7 Å². The Kier molecular flexibility index (Phi) is 4.61. The zero-order chi connectivity index (χ0) is 13.0. The van der Waals surface area contributed by atoms with Crippen LogP contribution in [0, 0.1) is 0 Å². The van der Waals surface area contributed by atoms with Gasteiger partial charge in [0, 0.05) is 25.3 Å². The van der Waals surface area contributed by atoms with Crippen molar-refractivity contribution in [2.24, 2.45) is 0 Å². The molecule has 1 aliphatic rings. The molecule has 0 radical (unpaired) electrons. The van der Waals surface area contributed by atoms with Gasteiger partial charge in [-0.25, -0.2) is 0 Å². The summed E-state index contributed by atoms with van der Waals surface area (Å²) in [6.07, 6.45) is 3.24. The van der Waals surface area contributed by atoms with Crippen LogP contribution in [-0.2, 0) is 4.74 Å². The number of nitrogens with zero attached hydrogens (tertiary/aromatic N) is 1. The number of benzene rings is 1. The maximum absolute atomic E-state index is 11.1. The summed E-state index contributed by atoms with van der Waals surface area (Å²) in [7, 11) is 0. The molecule has 2 rings (SSSR count). The molecule has 1 aromatic carbocycles. The van der Waals surface area contributed by atoms with Crippen molar-refractivity contribution in [3.63, 3.8) is 0 Å². The van der Waals surface area contributed by atoms with Gasteiger partial charge in [-0.15, -0.1) is 0 Å². The quantitative estimate of drug-likeness (QED) is 0.785. The van der Waals surface area contributed by atoms with E-state index < -0.39 is 0 Å². The molecule has 1 heterocycles. The van der Waals surface area contributed by atoms with Crippen molar-refractivity contribution >= 4 is 23.6 Å². The lowest BCUT2D eigenvalue weighted by molar-refractivity contribution is 0.0526. The fourth-order valence-electron chi connectivity index (χ4n) is 2.47. The number of hydrogen-bond acceptors (Lipinski definition) is 3. The van der Waals surface area contributed by atoms with Crippen LogP contribution in [0.3, 0.4) is 0 Å². The van der Waals surface area contributed by atoms with E-state index in [9.17, 15) is 4.79 Å². The molecule has 4 heteroatoms. The SMILES string of the molecule is CCOC1CCCN(c2c(Cl)cccc2C=O)C1. The van der Waals surface area contributed by atoms with Crippen LogP contribution in [0.25, 0.3) is 0 Å². The minimum atomic E-state index is 0.236. The van der Waals surface area contributed by atoms with Crippen LogP contribution in [-0.4, -0.2) is 32.1 Å². The third-order valence-electron chi connectivity index (χ3n) is 3.24. The molecule has 1 unspecified atom stereocenters. The molecule has 18 heavy (non-hydrogen) atoms. The lowest BCUT2D eigenvalue weighted by Gasteiger charge is -2.35. The minimum Gasteiger partial charge on any atom is -0.377 e. The number of para-hydroxylation sites is 1. The van der Waals surface area contributed by atoms with Gasteiger partial charge in [0.25, 0.3) is 0 Å². The molecular formula is C14H18ClNO2. The standard InChI is InChI=1S/C14H18ClNO2/c1-2-18-12-6-4-8-16(9-12)14-11(10-17)5-3-7-13(14)15/h3,5,7,10,12H,2,4,6,8-9H2,1H3. The predicted octanol–water partition coefficient (Wildman–Crippen LogP) is 3.16. The molecule has 1 aromatic rings. The van der Waals surface area contributed by atoms with Crippen molar-refractivity contribution in [1.82, 2.24) is 0 Å². The number of piperidine rings is 1. The second kappa shape index (κ2) is 6.21. The van der Waals surface area contributed by atoms with Crippen molar-refractivity contribution in [1.29, 1.82) is 0 Å². The lowest BCUT2D eigenvalue weighted by atomic mass is 10.1.